The van der Waals surface area contributed by atoms with Crippen LogP contribution < -0.4 is 9.16 Å². The zero-order valence-electron chi connectivity index (χ0n) is 13.4. The van der Waals surface area contributed by atoms with E-state index in [0.29, 0.717) is 17.1 Å². The van der Waals surface area contributed by atoms with Gasteiger partial charge < -0.3 is 13.9 Å². The Morgan fingerprint density at radius 2 is 1.75 bits per heavy atom. The maximum Gasteiger partial charge on any atom is 0.341 e. The zero-order valence-corrected chi connectivity index (χ0v) is 14.4. The van der Waals surface area contributed by atoms with Gasteiger partial charge >= 0.3 is 5.97 Å². The van der Waals surface area contributed by atoms with E-state index in [4.69, 9.17) is 13.9 Å². The van der Waals surface area contributed by atoms with E-state index in [1.165, 1.54) is 7.11 Å². The van der Waals surface area contributed by atoms with E-state index < -0.39 is 14.3 Å². The highest BCUT2D eigenvalue weighted by Gasteiger charge is 2.39. The molecule has 0 N–H and O–H groups in total. The summed E-state index contributed by atoms with van der Waals surface area (Å²) in [7, 11) is 0.916. The summed E-state index contributed by atoms with van der Waals surface area (Å²) >= 11 is 0. The molecule has 0 radical (unpaired) electrons. The number of hydrogen-bond acceptors (Lipinski definition) is 4. The molecule has 0 unspecified atom stereocenters. The molecule has 1 aromatic rings. The van der Waals surface area contributed by atoms with Crippen molar-refractivity contribution in [3.05, 3.63) is 23.8 Å². The van der Waals surface area contributed by atoms with Gasteiger partial charge in [-0.15, -0.1) is 0 Å². The van der Waals surface area contributed by atoms with Crippen LogP contribution in [-0.2, 0) is 4.74 Å². The van der Waals surface area contributed by atoms with Crippen LogP contribution in [0.5, 0.6) is 11.5 Å². The van der Waals surface area contributed by atoms with Gasteiger partial charge in [-0.3, -0.25) is 0 Å². The topological polar surface area (TPSA) is 44.8 Å². The van der Waals surface area contributed by atoms with E-state index in [1.807, 2.05) is 0 Å². The van der Waals surface area contributed by atoms with Crippen molar-refractivity contribution in [1.82, 2.24) is 0 Å². The van der Waals surface area contributed by atoms with Crippen molar-refractivity contribution in [2.45, 2.75) is 38.9 Å². The van der Waals surface area contributed by atoms with Crippen LogP contribution in [0.15, 0.2) is 18.2 Å². The van der Waals surface area contributed by atoms with Crippen molar-refractivity contribution in [3.63, 3.8) is 0 Å². The number of ether oxygens (including phenoxy) is 2. The van der Waals surface area contributed by atoms with Crippen LogP contribution in [0.1, 0.15) is 31.1 Å². The van der Waals surface area contributed by atoms with Gasteiger partial charge in [0.15, 0.2) is 0 Å². The molecule has 0 bridgehead atoms. The molecule has 0 heterocycles. The normalized spacial score (nSPS) is 11.9. The summed E-state index contributed by atoms with van der Waals surface area (Å²) < 4.78 is 16.2. The first-order chi connectivity index (χ1) is 9.12. The Morgan fingerprint density at radius 3 is 2.20 bits per heavy atom. The third kappa shape index (κ3) is 3.54. The molecule has 5 heteroatoms. The Labute approximate surface area is 122 Å². The zero-order chi connectivity index (χ0) is 15.6. The smallest absolute Gasteiger partial charge is 0.341 e. The van der Waals surface area contributed by atoms with E-state index in [0.717, 1.165) is 0 Å². The molecule has 0 fully saturated rings. The van der Waals surface area contributed by atoms with Crippen molar-refractivity contribution in [3.8, 4) is 11.5 Å². The molecule has 0 spiro atoms. The number of hydrogen-bond donors (Lipinski definition) is 0. The van der Waals surface area contributed by atoms with E-state index in [9.17, 15) is 4.79 Å². The largest absolute Gasteiger partial charge is 0.543 e. The lowest BCUT2D eigenvalue weighted by molar-refractivity contribution is 0.0598. The van der Waals surface area contributed by atoms with Gasteiger partial charge in [0, 0.05) is 6.07 Å². The molecule has 0 atom stereocenters. The summed E-state index contributed by atoms with van der Waals surface area (Å²) in [6.07, 6.45) is 0. The molecule has 0 aromatic heterocycles. The van der Waals surface area contributed by atoms with Crippen molar-refractivity contribution >= 4 is 14.3 Å². The number of carbonyl (C=O) groups is 1. The van der Waals surface area contributed by atoms with Crippen molar-refractivity contribution in [2.75, 3.05) is 14.2 Å². The average molecular weight is 296 g/mol. The van der Waals surface area contributed by atoms with Gasteiger partial charge in [-0.25, -0.2) is 4.79 Å². The van der Waals surface area contributed by atoms with E-state index in [1.54, 1.807) is 25.3 Å². The second kappa shape index (κ2) is 5.87. The number of methoxy groups -OCH3 is 2. The molecular formula is C15H24O4Si. The molecule has 1 rings (SSSR count). The molecule has 4 nitrogen and oxygen atoms in total. The van der Waals surface area contributed by atoms with Gasteiger partial charge in [-0.1, -0.05) is 20.8 Å². The summed E-state index contributed by atoms with van der Waals surface area (Å²) in [5, 5.41) is 0.0451. The molecule has 0 saturated carbocycles. The Morgan fingerprint density at radius 1 is 1.15 bits per heavy atom. The Kier molecular flexibility index (Phi) is 4.86. The highest BCUT2D eigenvalue weighted by atomic mass is 28.4. The summed E-state index contributed by atoms with van der Waals surface area (Å²) in [5.74, 6) is 0.788. The molecule has 112 valence electrons. The highest BCUT2D eigenvalue weighted by Crippen LogP contribution is 2.39. The number of benzene rings is 1. The van der Waals surface area contributed by atoms with Crippen LogP contribution in [0.4, 0.5) is 0 Å². The predicted octanol–water partition coefficient (Wildman–Crippen LogP) is 3.87. The van der Waals surface area contributed by atoms with Gasteiger partial charge in [-0.05, 0) is 30.3 Å². The summed E-state index contributed by atoms with van der Waals surface area (Å²) in [6, 6.07) is 5.14. The minimum absolute atomic E-state index is 0.0451. The Balaban J connectivity index is 3.24. The third-order valence-corrected chi connectivity index (χ3v) is 8.11. The summed E-state index contributed by atoms with van der Waals surface area (Å²) in [4.78, 5) is 11.8. The molecule has 0 aliphatic heterocycles. The Bertz CT molecular complexity index is 489. The number of esters is 1. The lowest BCUT2D eigenvalue weighted by atomic mass is 10.2. The van der Waals surface area contributed by atoms with Crippen LogP contribution in [0, 0.1) is 0 Å². The monoisotopic (exact) mass is 296 g/mol. The standard InChI is InChI=1S/C15H24O4Si/c1-15(2,3)20(6,7)19-13-10-11(17-4)8-9-12(13)14(16)18-5/h8-10H,1-7H3. The molecule has 20 heavy (non-hydrogen) atoms. The van der Waals surface area contributed by atoms with Gasteiger partial charge in [-0.2, -0.15) is 0 Å². The molecule has 0 saturated heterocycles. The van der Waals surface area contributed by atoms with Crippen molar-refractivity contribution in [1.29, 1.82) is 0 Å². The lowest BCUT2D eigenvalue weighted by Crippen LogP contribution is -2.44. The van der Waals surface area contributed by atoms with Crippen LogP contribution in [0.2, 0.25) is 18.1 Å². The van der Waals surface area contributed by atoms with Crippen molar-refractivity contribution < 1.29 is 18.7 Å². The Hall–Kier alpha value is -1.49. The minimum atomic E-state index is -2.03. The number of rotatable bonds is 4. The fourth-order valence-corrected chi connectivity index (χ4v) is 2.45. The SMILES string of the molecule is COC(=O)c1ccc(OC)cc1O[Si](C)(C)C(C)(C)C. The van der Waals surface area contributed by atoms with Crippen LogP contribution in [0.3, 0.4) is 0 Å². The predicted molar refractivity (Wildman–Crippen MR) is 82.2 cm³/mol. The van der Waals surface area contributed by atoms with Crippen LogP contribution in [0.25, 0.3) is 0 Å². The summed E-state index contributed by atoms with van der Waals surface area (Å²) in [5.41, 5.74) is 0.429. The van der Waals surface area contributed by atoms with E-state index in [2.05, 4.69) is 33.9 Å². The molecule has 0 aliphatic carbocycles. The first kappa shape index (κ1) is 16.6. The van der Waals surface area contributed by atoms with E-state index >= 15 is 0 Å². The third-order valence-electron chi connectivity index (χ3n) is 3.77. The fourth-order valence-electron chi connectivity index (χ4n) is 1.42. The van der Waals surface area contributed by atoms with E-state index in [-0.39, 0.29) is 5.04 Å². The molecular weight excluding hydrogens is 272 g/mol. The second-order valence-electron chi connectivity index (χ2n) is 6.22. The average Bonchev–Trinajstić information content (AvgIpc) is 2.36. The second-order valence-corrected chi connectivity index (χ2v) is 10.9. The van der Waals surface area contributed by atoms with Gasteiger partial charge in [0.25, 0.3) is 8.32 Å². The maximum absolute atomic E-state index is 11.8. The summed E-state index contributed by atoms with van der Waals surface area (Å²) in [6.45, 7) is 10.7. The van der Waals surface area contributed by atoms with Crippen LogP contribution >= 0.6 is 0 Å². The minimum Gasteiger partial charge on any atom is -0.543 e. The van der Waals surface area contributed by atoms with Gasteiger partial charge in [0.2, 0.25) is 0 Å². The van der Waals surface area contributed by atoms with Crippen molar-refractivity contribution in [2.24, 2.45) is 0 Å². The fraction of sp³-hybridized carbons (Fsp3) is 0.533. The van der Waals surface area contributed by atoms with Gasteiger partial charge in [0.05, 0.1) is 14.2 Å². The van der Waals surface area contributed by atoms with Crippen LogP contribution in [-0.4, -0.2) is 28.5 Å². The molecule has 1 aromatic carbocycles. The highest BCUT2D eigenvalue weighted by molar-refractivity contribution is 6.74. The molecule has 0 amide bonds. The van der Waals surface area contributed by atoms with Gasteiger partial charge in [0.1, 0.15) is 17.1 Å². The number of carbonyl (C=O) groups excluding carboxylic acids is 1. The molecule has 0 aliphatic rings. The lowest BCUT2D eigenvalue weighted by Gasteiger charge is -2.36. The first-order valence-electron chi connectivity index (χ1n) is 6.58. The first-order valence-corrected chi connectivity index (χ1v) is 9.48. The maximum atomic E-state index is 11.8. The quantitative estimate of drug-likeness (QED) is 0.625.